The molecule has 1 heterocycles. The van der Waals surface area contributed by atoms with Crippen LogP contribution in [0.5, 0.6) is 0 Å². The van der Waals surface area contributed by atoms with Crippen LogP contribution >= 0.6 is 11.3 Å². The average molecular weight is 294 g/mol. The van der Waals surface area contributed by atoms with Gasteiger partial charge in [0.2, 0.25) is 0 Å². The van der Waals surface area contributed by atoms with Gasteiger partial charge in [-0.1, -0.05) is 24.2 Å². The number of nitrogens with two attached hydrogens (primary N) is 1. The molecule has 0 bridgehead atoms. The van der Waals surface area contributed by atoms with Crippen LogP contribution in [0.15, 0.2) is 0 Å². The van der Waals surface area contributed by atoms with E-state index < -0.39 is 0 Å². The SMILES string of the molecule is C#CCN(CCC)C(=O)c1sc(N(CC)CC)nc1N. The third-order valence-corrected chi connectivity index (χ3v) is 4.05. The first-order chi connectivity index (χ1) is 9.58. The molecule has 5 nitrogen and oxygen atoms in total. The van der Waals surface area contributed by atoms with Crippen LogP contribution in [0.2, 0.25) is 0 Å². The van der Waals surface area contributed by atoms with Crippen LogP contribution in [0.25, 0.3) is 0 Å². The van der Waals surface area contributed by atoms with Gasteiger partial charge in [-0.2, -0.15) is 0 Å². The van der Waals surface area contributed by atoms with Crippen molar-refractivity contribution in [3.05, 3.63) is 4.88 Å². The Labute approximate surface area is 124 Å². The molecule has 0 aliphatic heterocycles. The summed E-state index contributed by atoms with van der Waals surface area (Å²) in [6, 6.07) is 0. The van der Waals surface area contributed by atoms with Crippen LogP contribution in [-0.4, -0.2) is 42.0 Å². The summed E-state index contributed by atoms with van der Waals surface area (Å²) >= 11 is 1.33. The van der Waals surface area contributed by atoms with Crippen molar-refractivity contribution in [1.82, 2.24) is 9.88 Å². The number of terminal acetylenes is 1. The Balaban J connectivity index is 3.01. The number of rotatable bonds is 7. The molecule has 20 heavy (non-hydrogen) atoms. The second kappa shape index (κ2) is 7.75. The van der Waals surface area contributed by atoms with E-state index in [2.05, 4.69) is 15.8 Å². The van der Waals surface area contributed by atoms with Gasteiger partial charge in [-0.25, -0.2) is 4.98 Å². The molecule has 0 spiro atoms. The highest BCUT2D eigenvalue weighted by Gasteiger charge is 2.22. The van der Waals surface area contributed by atoms with Crippen LogP contribution in [0.4, 0.5) is 10.9 Å². The van der Waals surface area contributed by atoms with Crippen molar-refractivity contribution in [1.29, 1.82) is 0 Å². The van der Waals surface area contributed by atoms with Gasteiger partial charge in [0.25, 0.3) is 5.91 Å². The molecular weight excluding hydrogens is 272 g/mol. The first-order valence-electron chi connectivity index (χ1n) is 6.82. The largest absolute Gasteiger partial charge is 0.382 e. The number of aromatic nitrogens is 1. The van der Waals surface area contributed by atoms with E-state index in [1.54, 1.807) is 4.90 Å². The lowest BCUT2D eigenvalue weighted by atomic mass is 10.3. The number of thiazole rings is 1. The monoisotopic (exact) mass is 294 g/mol. The number of nitrogen functional groups attached to an aromatic ring is 1. The van der Waals surface area contributed by atoms with Crippen LogP contribution in [0.3, 0.4) is 0 Å². The maximum absolute atomic E-state index is 12.5. The molecular formula is C14H22N4OS. The van der Waals surface area contributed by atoms with Gasteiger partial charge in [0.1, 0.15) is 10.7 Å². The molecule has 6 heteroatoms. The lowest BCUT2D eigenvalue weighted by Crippen LogP contribution is -2.32. The molecule has 0 aromatic carbocycles. The molecule has 2 N–H and O–H groups in total. The van der Waals surface area contributed by atoms with E-state index in [-0.39, 0.29) is 5.91 Å². The van der Waals surface area contributed by atoms with Crippen molar-refractivity contribution in [2.45, 2.75) is 27.2 Å². The Morgan fingerprint density at radius 3 is 2.55 bits per heavy atom. The number of carbonyl (C=O) groups excluding carboxylic acids is 1. The number of amides is 1. The molecule has 1 amide bonds. The van der Waals surface area contributed by atoms with E-state index in [1.165, 1.54) is 11.3 Å². The molecule has 0 unspecified atom stereocenters. The summed E-state index contributed by atoms with van der Waals surface area (Å²) in [5, 5.41) is 0.785. The highest BCUT2D eigenvalue weighted by atomic mass is 32.1. The quantitative estimate of drug-likeness (QED) is 0.782. The fourth-order valence-electron chi connectivity index (χ4n) is 1.88. The molecule has 0 aliphatic carbocycles. The van der Waals surface area contributed by atoms with Crippen molar-refractivity contribution in [2.24, 2.45) is 0 Å². The summed E-state index contributed by atoms with van der Waals surface area (Å²) in [4.78, 5) is 20.9. The van der Waals surface area contributed by atoms with Gasteiger partial charge < -0.3 is 15.5 Å². The topological polar surface area (TPSA) is 62.5 Å². The molecule has 0 fully saturated rings. The van der Waals surface area contributed by atoms with Crippen molar-refractivity contribution in [3.8, 4) is 12.3 Å². The zero-order valence-corrected chi connectivity index (χ0v) is 13.2. The smallest absolute Gasteiger partial charge is 0.268 e. The first-order valence-corrected chi connectivity index (χ1v) is 7.64. The zero-order valence-electron chi connectivity index (χ0n) is 12.3. The minimum Gasteiger partial charge on any atom is -0.382 e. The van der Waals surface area contributed by atoms with Gasteiger partial charge in [0.15, 0.2) is 5.13 Å². The van der Waals surface area contributed by atoms with Crippen LogP contribution < -0.4 is 10.6 Å². The molecule has 110 valence electrons. The molecule has 0 atom stereocenters. The lowest BCUT2D eigenvalue weighted by Gasteiger charge is -2.18. The molecule has 0 radical (unpaired) electrons. The molecule has 1 aromatic rings. The fourth-order valence-corrected chi connectivity index (χ4v) is 2.96. The van der Waals surface area contributed by atoms with Crippen molar-refractivity contribution < 1.29 is 4.79 Å². The number of nitrogens with zero attached hydrogens (tertiary/aromatic N) is 3. The van der Waals surface area contributed by atoms with E-state index >= 15 is 0 Å². The van der Waals surface area contributed by atoms with Gasteiger partial charge in [-0.3, -0.25) is 4.79 Å². The van der Waals surface area contributed by atoms with Gasteiger partial charge in [-0.15, -0.1) is 6.42 Å². The predicted molar refractivity (Wildman–Crippen MR) is 85.1 cm³/mol. The molecule has 1 rings (SSSR count). The van der Waals surface area contributed by atoms with E-state index in [0.29, 0.717) is 23.8 Å². The summed E-state index contributed by atoms with van der Waals surface area (Å²) in [5.74, 6) is 2.68. The number of anilines is 2. The van der Waals surface area contributed by atoms with Gasteiger partial charge >= 0.3 is 0 Å². The highest BCUT2D eigenvalue weighted by Crippen LogP contribution is 2.29. The van der Waals surface area contributed by atoms with Crippen molar-refractivity contribution in [3.63, 3.8) is 0 Å². The average Bonchev–Trinajstić information content (AvgIpc) is 2.81. The normalized spacial score (nSPS) is 10.1. The van der Waals surface area contributed by atoms with Gasteiger partial charge in [0.05, 0.1) is 6.54 Å². The summed E-state index contributed by atoms with van der Waals surface area (Å²) in [6.07, 6.45) is 6.17. The van der Waals surface area contributed by atoms with E-state index in [9.17, 15) is 4.79 Å². The minimum absolute atomic E-state index is 0.127. The maximum atomic E-state index is 12.5. The minimum atomic E-state index is -0.127. The Bertz CT molecular complexity index is 488. The zero-order chi connectivity index (χ0) is 15.1. The fraction of sp³-hybridized carbons (Fsp3) is 0.571. The lowest BCUT2D eigenvalue weighted by molar-refractivity contribution is 0.0782. The number of hydrogen-bond acceptors (Lipinski definition) is 5. The molecule has 0 aliphatic rings. The summed E-state index contributed by atoms with van der Waals surface area (Å²) in [6.45, 7) is 8.69. The Morgan fingerprint density at radius 2 is 2.05 bits per heavy atom. The molecule has 0 saturated carbocycles. The van der Waals surface area contributed by atoms with E-state index in [1.807, 2.05) is 20.8 Å². The maximum Gasteiger partial charge on any atom is 0.268 e. The standard InChI is InChI=1S/C14H22N4OS/c1-5-9-18(10-6-2)13(19)11-12(15)16-14(20-11)17(7-3)8-4/h1H,6-10,15H2,2-4H3. The third kappa shape index (κ3) is 3.64. The number of hydrogen-bond donors (Lipinski definition) is 1. The molecule has 1 aromatic heterocycles. The highest BCUT2D eigenvalue weighted by molar-refractivity contribution is 7.18. The summed E-state index contributed by atoms with van der Waals surface area (Å²) in [5.41, 5.74) is 5.89. The Hall–Kier alpha value is -1.74. The molecule has 0 saturated heterocycles. The van der Waals surface area contributed by atoms with Crippen LogP contribution in [0.1, 0.15) is 36.9 Å². The van der Waals surface area contributed by atoms with Crippen molar-refractivity contribution in [2.75, 3.05) is 36.8 Å². The van der Waals surface area contributed by atoms with Crippen LogP contribution in [-0.2, 0) is 0 Å². The summed E-state index contributed by atoms with van der Waals surface area (Å²) < 4.78 is 0. The van der Waals surface area contributed by atoms with Crippen LogP contribution in [0, 0.1) is 12.3 Å². The second-order valence-electron chi connectivity index (χ2n) is 4.31. The Kier molecular flexibility index (Phi) is 6.32. The Morgan fingerprint density at radius 1 is 1.40 bits per heavy atom. The van der Waals surface area contributed by atoms with Gasteiger partial charge in [0, 0.05) is 19.6 Å². The third-order valence-electron chi connectivity index (χ3n) is 2.93. The van der Waals surface area contributed by atoms with Crippen molar-refractivity contribution >= 4 is 28.2 Å². The first kappa shape index (κ1) is 16.3. The van der Waals surface area contributed by atoms with E-state index in [0.717, 1.165) is 24.6 Å². The van der Waals surface area contributed by atoms with E-state index in [4.69, 9.17) is 12.2 Å². The van der Waals surface area contributed by atoms with Gasteiger partial charge in [-0.05, 0) is 20.3 Å². The second-order valence-corrected chi connectivity index (χ2v) is 5.29. The number of carbonyl (C=O) groups is 1. The predicted octanol–water partition coefficient (Wildman–Crippen LogP) is 2.06. The summed E-state index contributed by atoms with van der Waals surface area (Å²) in [7, 11) is 0.